The van der Waals surface area contributed by atoms with E-state index in [1.807, 2.05) is 43.3 Å². The molecule has 152 valence electrons. The number of rotatable bonds is 5. The maximum absolute atomic E-state index is 12.9. The van der Waals surface area contributed by atoms with Crippen molar-refractivity contribution < 1.29 is 24.0 Å². The minimum absolute atomic E-state index is 0.00136. The summed E-state index contributed by atoms with van der Waals surface area (Å²) < 4.78 is 11.1. The average Bonchev–Trinajstić information content (AvgIpc) is 2.75. The van der Waals surface area contributed by atoms with Gasteiger partial charge in [-0.1, -0.05) is 17.7 Å². The quantitative estimate of drug-likeness (QED) is 0.759. The molecule has 1 fully saturated rings. The van der Waals surface area contributed by atoms with E-state index in [-0.39, 0.29) is 17.6 Å². The van der Waals surface area contributed by atoms with Gasteiger partial charge in [-0.3, -0.25) is 9.59 Å². The minimum atomic E-state index is 0.00136. The van der Waals surface area contributed by atoms with Gasteiger partial charge in [0.05, 0.1) is 13.1 Å². The molecule has 2 aromatic carbocycles. The smallest absolute Gasteiger partial charge is 0.279 e. The van der Waals surface area contributed by atoms with Gasteiger partial charge in [-0.05, 0) is 37.3 Å². The molecule has 0 saturated carbocycles. The lowest BCUT2D eigenvalue weighted by Gasteiger charge is -2.28. The predicted molar refractivity (Wildman–Crippen MR) is 110 cm³/mol. The van der Waals surface area contributed by atoms with E-state index in [2.05, 4.69) is 5.32 Å². The largest absolute Gasteiger partial charge is 0.486 e. The molecule has 4 rings (SSSR count). The number of anilines is 1. The second-order valence-corrected chi connectivity index (χ2v) is 7.84. The third-order valence-electron chi connectivity index (χ3n) is 5.64. The Balaban J connectivity index is 1.28. The molecule has 29 heavy (non-hydrogen) atoms. The van der Waals surface area contributed by atoms with Crippen LogP contribution in [-0.2, 0) is 4.79 Å². The number of carbonyl (C=O) groups is 2. The lowest BCUT2D eigenvalue weighted by atomic mass is 9.88. The maximum atomic E-state index is 12.9. The van der Waals surface area contributed by atoms with E-state index in [0.717, 1.165) is 31.6 Å². The number of nitrogens with one attached hydrogen (secondary N) is 2. The first-order chi connectivity index (χ1) is 14.1. The number of fused-ring (bicyclic) bond motifs is 1. The molecular formula is C23H27N2O4+. The third-order valence-corrected chi connectivity index (χ3v) is 5.64. The molecule has 0 atom stereocenters. The highest BCUT2D eigenvalue weighted by Crippen LogP contribution is 2.32. The van der Waals surface area contributed by atoms with Crippen molar-refractivity contribution in [2.45, 2.75) is 19.8 Å². The Morgan fingerprint density at radius 1 is 1.00 bits per heavy atom. The van der Waals surface area contributed by atoms with E-state index in [4.69, 9.17) is 9.47 Å². The topological polar surface area (TPSA) is 69.1 Å². The predicted octanol–water partition coefficient (Wildman–Crippen LogP) is 1.88. The lowest BCUT2D eigenvalue weighted by molar-refractivity contribution is -0.897. The summed E-state index contributed by atoms with van der Waals surface area (Å²) in [5.74, 6) is 1.52. The average molecular weight is 395 g/mol. The second-order valence-electron chi connectivity index (χ2n) is 7.84. The van der Waals surface area contributed by atoms with Crippen molar-refractivity contribution in [3.63, 3.8) is 0 Å². The van der Waals surface area contributed by atoms with Crippen LogP contribution in [0.3, 0.4) is 0 Å². The number of aryl methyl sites for hydroxylation is 1. The number of benzene rings is 2. The van der Waals surface area contributed by atoms with Crippen molar-refractivity contribution in [3.05, 3.63) is 53.6 Å². The number of carbonyl (C=O) groups excluding carboxylic acids is 2. The number of likely N-dealkylation sites (tertiary alicyclic amines) is 1. The van der Waals surface area contributed by atoms with Gasteiger partial charge in [-0.15, -0.1) is 0 Å². The summed E-state index contributed by atoms with van der Waals surface area (Å²) in [7, 11) is 0. The first-order valence-corrected chi connectivity index (χ1v) is 10.2. The SMILES string of the molecule is Cc1ccc(NC(=O)C[NH+]2CCC(C(=O)c3ccc4c(c3)OCCO4)CC2)cc1. The van der Waals surface area contributed by atoms with E-state index in [9.17, 15) is 9.59 Å². The van der Waals surface area contributed by atoms with Crippen LogP contribution in [0.25, 0.3) is 0 Å². The highest BCUT2D eigenvalue weighted by molar-refractivity contribution is 5.98. The number of hydrogen-bond donors (Lipinski definition) is 2. The number of Topliss-reactive ketones (excluding diaryl/α,β-unsaturated/α-hetero) is 1. The molecule has 2 heterocycles. The number of piperidine rings is 1. The van der Waals surface area contributed by atoms with Crippen LogP contribution in [0, 0.1) is 12.8 Å². The monoisotopic (exact) mass is 395 g/mol. The number of quaternary nitrogens is 1. The highest BCUT2D eigenvalue weighted by atomic mass is 16.6. The molecule has 2 N–H and O–H groups in total. The first-order valence-electron chi connectivity index (χ1n) is 10.2. The molecule has 0 aliphatic carbocycles. The normalized spacial score (nSPS) is 20.7. The summed E-state index contributed by atoms with van der Waals surface area (Å²) in [6, 6.07) is 13.2. The van der Waals surface area contributed by atoms with Crippen molar-refractivity contribution in [2.24, 2.45) is 5.92 Å². The summed E-state index contributed by atoms with van der Waals surface area (Å²) >= 11 is 0. The Kier molecular flexibility index (Phi) is 5.81. The fourth-order valence-corrected chi connectivity index (χ4v) is 3.97. The lowest BCUT2D eigenvalue weighted by Crippen LogP contribution is -3.14. The molecule has 1 amide bonds. The molecule has 0 bridgehead atoms. The van der Waals surface area contributed by atoms with E-state index in [0.29, 0.717) is 36.8 Å². The van der Waals surface area contributed by atoms with Gasteiger partial charge < -0.3 is 19.7 Å². The van der Waals surface area contributed by atoms with E-state index >= 15 is 0 Å². The fraction of sp³-hybridized carbons (Fsp3) is 0.391. The maximum Gasteiger partial charge on any atom is 0.279 e. The fourth-order valence-electron chi connectivity index (χ4n) is 3.97. The van der Waals surface area contributed by atoms with Crippen LogP contribution < -0.4 is 19.7 Å². The zero-order chi connectivity index (χ0) is 20.2. The molecule has 2 aromatic rings. The van der Waals surface area contributed by atoms with Crippen molar-refractivity contribution in [1.82, 2.24) is 0 Å². The molecular weight excluding hydrogens is 368 g/mol. The van der Waals surface area contributed by atoms with E-state index in [1.54, 1.807) is 6.07 Å². The van der Waals surface area contributed by atoms with Gasteiger partial charge in [-0.2, -0.15) is 0 Å². The molecule has 0 aromatic heterocycles. The van der Waals surface area contributed by atoms with E-state index in [1.165, 1.54) is 10.5 Å². The van der Waals surface area contributed by atoms with Gasteiger partial charge in [0, 0.05) is 30.0 Å². The Hall–Kier alpha value is -2.86. The molecule has 0 unspecified atom stereocenters. The minimum Gasteiger partial charge on any atom is -0.486 e. The summed E-state index contributed by atoms with van der Waals surface area (Å²) in [5, 5.41) is 2.95. The van der Waals surface area contributed by atoms with Crippen molar-refractivity contribution in [2.75, 3.05) is 38.2 Å². The molecule has 6 nitrogen and oxygen atoms in total. The highest BCUT2D eigenvalue weighted by Gasteiger charge is 2.29. The van der Waals surface area contributed by atoms with Crippen LogP contribution in [0.15, 0.2) is 42.5 Å². The van der Waals surface area contributed by atoms with Gasteiger partial charge in [0.15, 0.2) is 23.8 Å². The van der Waals surface area contributed by atoms with Crippen LogP contribution >= 0.6 is 0 Å². The summed E-state index contributed by atoms with van der Waals surface area (Å²) in [6.45, 7) is 5.14. The molecule has 6 heteroatoms. The third kappa shape index (κ3) is 4.77. The Labute approximate surface area is 170 Å². The first kappa shape index (κ1) is 19.5. The number of hydrogen-bond acceptors (Lipinski definition) is 4. The zero-order valence-electron chi connectivity index (χ0n) is 16.7. The molecule has 2 aliphatic heterocycles. The van der Waals surface area contributed by atoms with Gasteiger partial charge in [-0.25, -0.2) is 0 Å². The Bertz CT molecular complexity index is 886. The molecule has 0 radical (unpaired) electrons. The van der Waals surface area contributed by atoms with E-state index < -0.39 is 0 Å². The summed E-state index contributed by atoms with van der Waals surface area (Å²) in [5.41, 5.74) is 2.67. The van der Waals surface area contributed by atoms with Crippen LogP contribution in [0.5, 0.6) is 11.5 Å². The Morgan fingerprint density at radius 2 is 1.69 bits per heavy atom. The van der Waals surface area contributed by atoms with Gasteiger partial charge in [0.1, 0.15) is 13.2 Å². The van der Waals surface area contributed by atoms with Crippen LogP contribution in [0.4, 0.5) is 5.69 Å². The van der Waals surface area contributed by atoms with Gasteiger partial charge in [0.25, 0.3) is 5.91 Å². The van der Waals surface area contributed by atoms with Crippen LogP contribution in [-0.4, -0.2) is 44.5 Å². The summed E-state index contributed by atoms with van der Waals surface area (Å²) in [4.78, 5) is 26.4. The van der Waals surface area contributed by atoms with Crippen molar-refractivity contribution >= 4 is 17.4 Å². The van der Waals surface area contributed by atoms with Crippen LogP contribution in [0.1, 0.15) is 28.8 Å². The molecule has 2 aliphatic rings. The summed E-state index contributed by atoms with van der Waals surface area (Å²) in [6.07, 6.45) is 1.58. The zero-order valence-corrected chi connectivity index (χ0v) is 16.7. The number of ketones is 1. The van der Waals surface area contributed by atoms with Gasteiger partial charge >= 0.3 is 0 Å². The standard InChI is InChI=1S/C23H26N2O4/c1-16-2-5-19(6-3-16)24-22(26)15-25-10-8-17(9-11-25)23(27)18-4-7-20-21(14-18)29-13-12-28-20/h2-7,14,17H,8-13,15H2,1H3,(H,24,26)/p+1. The number of amides is 1. The van der Waals surface area contributed by atoms with Crippen molar-refractivity contribution in [3.8, 4) is 11.5 Å². The van der Waals surface area contributed by atoms with Gasteiger partial charge in [0.2, 0.25) is 0 Å². The number of ether oxygens (including phenoxy) is 2. The van der Waals surface area contributed by atoms with Crippen LogP contribution in [0.2, 0.25) is 0 Å². The second kappa shape index (κ2) is 8.66. The molecule has 1 saturated heterocycles. The molecule has 0 spiro atoms. The van der Waals surface area contributed by atoms with Crippen molar-refractivity contribution in [1.29, 1.82) is 0 Å². The Morgan fingerprint density at radius 3 is 2.41 bits per heavy atom.